The van der Waals surface area contributed by atoms with Gasteiger partial charge >= 0.3 is 0 Å². The lowest BCUT2D eigenvalue weighted by Gasteiger charge is -2.13. The topological polar surface area (TPSA) is 49.3 Å². The summed E-state index contributed by atoms with van der Waals surface area (Å²) in [5, 5.41) is 12.0. The van der Waals surface area contributed by atoms with Crippen molar-refractivity contribution >= 4 is 11.6 Å². The van der Waals surface area contributed by atoms with Crippen LogP contribution < -0.4 is 5.32 Å². The molecule has 0 unspecified atom stereocenters. The van der Waals surface area contributed by atoms with Crippen LogP contribution in [0, 0.1) is 12.8 Å². The molecule has 0 aromatic heterocycles. The lowest BCUT2D eigenvalue weighted by molar-refractivity contribution is -0.119. The van der Waals surface area contributed by atoms with Gasteiger partial charge in [-0.2, -0.15) is 0 Å². The van der Waals surface area contributed by atoms with Crippen LogP contribution in [0.1, 0.15) is 24.0 Å². The Labute approximate surface area is 101 Å². The van der Waals surface area contributed by atoms with E-state index in [-0.39, 0.29) is 18.4 Å². The molecule has 0 saturated heterocycles. The highest BCUT2D eigenvalue weighted by molar-refractivity contribution is 5.93. The molecule has 0 fully saturated rings. The van der Waals surface area contributed by atoms with Crippen LogP contribution in [0.15, 0.2) is 30.4 Å². The third-order valence-corrected chi connectivity index (χ3v) is 3.12. The Hall–Kier alpha value is -1.61. The van der Waals surface area contributed by atoms with Gasteiger partial charge in [0, 0.05) is 11.6 Å². The van der Waals surface area contributed by atoms with Crippen LogP contribution in [0.25, 0.3) is 0 Å². The molecule has 17 heavy (non-hydrogen) atoms. The Bertz CT molecular complexity index is 444. The summed E-state index contributed by atoms with van der Waals surface area (Å²) in [4.78, 5) is 12.0. The molecule has 1 amide bonds. The number of aliphatic hydroxyl groups excluding tert-OH is 1. The summed E-state index contributed by atoms with van der Waals surface area (Å²) < 4.78 is 0. The van der Waals surface area contributed by atoms with Gasteiger partial charge in [-0.1, -0.05) is 24.3 Å². The minimum absolute atomic E-state index is 0.00582. The summed E-state index contributed by atoms with van der Waals surface area (Å²) in [5.41, 5.74) is 2.63. The molecule has 0 radical (unpaired) electrons. The summed E-state index contributed by atoms with van der Waals surface area (Å²) >= 11 is 0. The molecule has 90 valence electrons. The number of carbonyl (C=O) groups is 1. The summed E-state index contributed by atoms with van der Waals surface area (Å²) in [6, 6.07) is 5.60. The number of nitrogens with one attached hydrogen (secondary N) is 1. The van der Waals surface area contributed by atoms with Crippen molar-refractivity contribution in [3.05, 3.63) is 41.5 Å². The first-order valence-electron chi connectivity index (χ1n) is 5.87. The molecule has 0 heterocycles. The van der Waals surface area contributed by atoms with Crippen molar-refractivity contribution in [1.82, 2.24) is 0 Å². The fourth-order valence-electron chi connectivity index (χ4n) is 1.97. The number of anilines is 1. The van der Waals surface area contributed by atoms with Crippen LogP contribution in [-0.2, 0) is 11.4 Å². The molecular weight excluding hydrogens is 214 g/mol. The zero-order chi connectivity index (χ0) is 12.3. The number of aryl methyl sites for hydroxylation is 1. The molecule has 1 aromatic rings. The molecule has 0 spiro atoms. The van der Waals surface area contributed by atoms with Crippen molar-refractivity contribution in [1.29, 1.82) is 0 Å². The maximum Gasteiger partial charge on any atom is 0.228 e. The van der Waals surface area contributed by atoms with Gasteiger partial charge in [0.1, 0.15) is 0 Å². The Morgan fingerprint density at radius 2 is 2.12 bits per heavy atom. The van der Waals surface area contributed by atoms with Crippen molar-refractivity contribution in [2.45, 2.75) is 26.4 Å². The van der Waals surface area contributed by atoms with E-state index in [0.717, 1.165) is 29.7 Å². The van der Waals surface area contributed by atoms with E-state index in [9.17, 15) is 4.79 Å². The second-order valence-corrected chi connectivity index (χ2v) is 4.44. The number of carbonyl (C=O) groups excluding carboxylic acids is 1. The second kappa shape index (κ2) is 5.15. The van der Waals surface area contributed by atoms with Crippen LogP contribution in [0.2, 0.25) is 0 Å². The van der Waals surface area contributed by atoms with Crippen LogP contribution >= 0.6 is 0 Å². The number of benzene rings is 1. The number of allylic oxidation sites excluding steroid dienone is 2. The first-order chi connectivity index (χ1) is 8.20. The highest BCUT2D eigenvalue weighted by Gasteiger charge is 2.19. The largest absolute Gasteiger partial charge is 0.392 e. The molecule has 0 saturated carbocycles. The molecule has 0 atom stereocenters. The smallest absolute Gasteiger partial charge is 0.228 e. The summed E-state index contributed by atoms with van der Waals surface area (Å²) in [6.07, 6.45) is 5.73. The highest BCUT2D eigenvalue weighted by atomic mass is 16.3. The van der Waals surface area contributed by atoms with Crippen LogP contribution in [0.3, 0.4) is 0 Å². The molecule has 1 aromatic carbocycles. The maximum absolute atomic E-state index is 12.0. The van der Waals surface area contributed by atoms with Crippen molar-refractivity contribution in [2.75, 3.05) is 5.32 Å². The Morgan fingerprint density at radius 1 is 1.41 bits per heavy atom. The van der Waals surface area contributed by atoms with E-state index in [2.05, 4.69) is 5.32 Å². The average Bonchev–Trinajstić information content (AvgIpc) is 2.85. The van der Waals surface area contributed by atoms with Gasteiger partial charge in [-0.25, -0.2) is 0 Å². The standard InChI is InChI=1S/C14H17NO2/c1-10-6-7-11(9-16)8-13(10)15-14(17)12-4-2-3-5-12/h2-3,6-8,12,16H,4-5,9H2,1H3,(H,15,17). The third kappa shape index (κ3) is 2.74. The van der Waals surface area contributed by atoms with Crippen LogP contribution in [0.4, 0.5) is 5.69 Å². The first kappa shape index (κ1) is 11.9. The number of rotatable bonds is 3. The van der Waals surface area contributed by atoms with Gasteiger partial charge in [-0.05, 0) is 37.0 Å². The van der Waals surface area contributed by atoms with E-state index in [1.165, 1.54) is 0 Å². The lowest BCUT2D eigenvalue weighted by atomic mass is 10.1. The van der Waals surface area contributed by atoms with E-state index in [0.29, 0.717) is 0 Å². The van der Waals surface area contributed by atoms with E-state index in [1.54, 1.807) is 0 Å². The highest BCUT2D eigenvalue weighted by Crippen LogP contribution is 2.22. The van der Waals surface area contributed by atoms with Gasteiger partial charge in [0.15, 0.2) is 0 Å². The molecule has 3 nitrogen and oxygen atoms in total. The zero-order valence-corrected chi connectivity index (χ0v) is 9.94. The first-order valence-corrected chi connectivity index (χ1v) is 5.87. The Morgan fingerprint density at radius 3 is 2.76 bits per heavy atom. The molecule has 3 heteroatoms. The van der Waals surface area contributed by atoms with Gasteiger partial charge in [0.2, 0.25) is 5.91 Å². The Balaban J connectivity index is 2.09. The molecule has 2 N–H and O–H groups in total. The van der Waals surface area contributed by atoms with Gasteiger partial charge in [0.25, 0.3) is 0 Å². The van der Waals surface area contributed by atoms with Crippen LogP contribution in [-0.4, -0.2) is 11.0 Å². The minimum atomic E-state index is -0.00582. The summed E-state index contributed by atoms with van der Waals surface area (Å²) in [6.45, 7) is 1.94. The molecule has 2 rings (SSSR count). The van der Waals surface area contributed by atoms with Gasteiger partial charge in [0.05, 0.1) is 6.61 Å². The van der Waals surface area contributed by atoms with E-state index < -0.39 is 0 Å². The number of hydrogen-bond donors (Lipinski definition) is 2. The van der Waals surface area contributed by atoms with Crippen molar-refractivity contribution in [3.8, 4) is 0 Å². The predicted octanol–water partition coefficient (Wildman–Crippen LogP) is 2.39. The number of amides is 1. The van der Waals surface area contributed by atoms with Crippen molar-refractivity contribution < 1.29 is 9.90 Å². The second-order valence-electron chi connectivity index (χ2n) is 4.44. The fourth-order valence-corrected chi connectivity index (χ4v) is 1.97. The molecule has 0 bridgehead atoms. The quantitative estimate of drug-likeness (QED) is 0.785. The average molecular weight is 231 g/mol. The normalized spacial score (nSPS) is 15.2. The van der Waals surface area contributed by atoms with E-state index >= 15 is 0 Å². The van der Waals surface area contributed by atoms with Crippen molar-refractivity contribution in [3.63, 3.8) is 0 Å². The van der Waals surface area contributed by atoms with E-state index in [1.807, 2.05) is 37.3 Å². The number of aliphatic hydroxyl groups is 1. The summed E-state index contributed by atoms with van der Waals surface area (Å²) in [5.74, 6) is 0.125. The summed E-state index contributed by atoms with van der Waals surface area (Å²) in [7, 11) is 0. The predicted molar refractivity (Wildman–Crippen MR) is 67.6 cm³/mol. The molecule has 1 aliphatic carbocycles. The fraction of sp³-hybridized carbons (Fsp3) is 0.357. The molecular formula is C14H17NO2. The van der Waals surface area contributed by atoms with Gasteiger partial charge in [-0.15, -0.1) is 0 Å². The van der Waals surface area contributed by atoms with Crippen molar-refractivity contribution in [2.24, 2.45) is 5.92 Å². The van der Waals surface area contributed by atoms with Gasteiger partial charge < -0.3 is 10.4 Å². The Kier molecular flexibility index (Phi) is 3.59. The monoisotopic (exact) mass is 231 g/mol. The number of hydrogen-bond acceptors (Lipinski definition) is 2. The SMILES string of the molecule is Cc1ccc(CO)cc1NC(=O)C1CC=CC1. The molecule has 0 aliphatic heterocycles. The zero-order valence-electron chi connectivity index (χ0n) is 9.94. The lowest BCUT2D eigenvalue weighted by Crippen LogP contribution is -2.21. The molecule has 1 aliphatic rings. The minimum Gasteiger partial charge on any atom is -0.392 e. The van der Waals surface area contributed by atoms with E-state index in [4.69, 9.17) is 5.11 Å². The van der Waals surface area contributed by atoms with Gasteiger partial charge in [-0.3, -0.25) is 4.79 Å². The third-order valence-electron chi connectivity index (χ3n) is 3.12. The van der Waals surface area contributed by atoms with Crippen LogP contribution in [0.5, 0.6) is 0 Å². The maximum atomic E-state index is 12.0.